The summed E-state index contributed by atoms with van der Waals surface area (Å²) in [5.74, 6) is -0.794. The molecule has 0 amide bonds. The average molecular weight is 312 g/mol. The number of carbonyl (C=O) groups is 1. The zero-order chi connectivity index (χ0) is 16.2. The van der Waals surface area contributed by atoms with E-state index in [1.807, 2.05) is 24.3 Å². The summed E-state index contributed by atoms with van der Waals surface area (Å²) in [6, 6.07) is 15.9. The van der Waals surface area contributed by atoms with Crippen molar-refractivity contribution in [1.29, 1.82) is 0 Å². The molecule has 1 atom stereocenters. The molecule has 120 valence electrons. The van der Waals surface area contributed by atoms with Crippen LogP contribution < -0.4 is 11.1 Å². The third-order valence-electron chi connectivity index (χ3n) is 4.21. The maximum Gasteiger partial charge on any atom is 0.322 e. The molecule has 23 heavy (non-hydrogen) atoms. The highest BCUT2D eigenvalue weighted by Gasteiger charge is 2.28. The highest BCUT2D eigenvalue weighted by atomic mass is 16.5. The molecule has 1 aliphatic carbocycles. The van der Waals surface area contributed by atoms with Gasteiger partial charge in [0.2, 0.25) is 0 Å². The van der Waals surface area contributed by atoms with Crippen molar-refractivity contribution in [1.82, 2.24) is 5.32 Å². The highest BCUT2D eigenvalue weighted by molar-refractivity contribution is 5.78. The van der Waals surface area contributed by atoms with Crippen molar-refractivity contribution in [2.45, 2.75) is 12.0 Å². The van der Waals surface area contributed by atoms with E-state index in [2.05, 4.69) is 29.6 Å². The van der Waals surface area contributed by atoms with Gasteiger partial charge in [-0.15, -0.1) is 0 Å². The molecule has 3 rings (SSSR count). The van der Waals surface area contributed by atoms with Crippen LogP contribution in [0.15, 0.2) is 48.5 Å². The van der Waals surface area contributed by atoms with E-state index in [4.69, 9.17) is 15.6 Å². The Hall–Kier alpha value is -2.21. The molecular formula is C18H20N2O3. The smallest absolute Gasteiger partial charge is 0.322 e. The van der Waals surface area contributed by atoms with Gasteiger partial charge in [-0.2, -0.15) is 0 Å². The van der Waals surface area contributed by atoms with Gasteiger partial charge in [0.1, 0.15) is 6.04 Å². The number of carboxylic acids is 1. The lowest BCUT2D eigenvalue weighted by Crippen LogP contribution is -2.43. The van der Waals surface area contributed by atoms with E-state index in [-0.39, 0.29) is 19.2 Å². The number of hydrogen-bond donors (Lipinski definition) is 3. The van der Waals surface area contributed by atoms with Crippen LogP contribution in [0, 0.1) is 0 Å². The quantitative estimate of drug-likeness (QED) is 0.536. The van der Waals surface area contributed by atoms with Gasteiger partial charge in [0, 0.05) is 12.5 Å². The summed E-state index contributed by atoms with van der Waals surface area (Å²) in [6.07, 6.45) is 0. The Bertz CT molecular complexity index is 657. The minimum atomic E-state index is -0.965. The fraction of sp³-hybridized carbons (Fsp3) is 0.278. The average Bonchev–Trinajstić information content (AvgIpc) is 2.89. The first-order chi connectivity index (χ1) is 11.2. The Morgan fingerprint density at radius 2 is 1.70 bits per heavy atom. The van der Waals surface area contributed by atoms with Gasteiger partial charge in [0.15, 0.2) is 0 Å². The number of ether oxygens (including phenoxy) is 1. The molecule has 0 radical (unpaired) electrons. The normalized spacial score (nSPS) is 14.3. The second-order valence-electron chi connectivity index (χ2n) is 5.57. The van der Waals surface area contributed by atoms with Crippen molar-refractivity contribution in [2.24, 2.45) is 5.73 Å². The number of carboxylic acid groups (broad SMARTS) is 1. The summed E-state index contributed by atoms with van der Waals surface area (Å²) in [5, 5.41) is 11.7. The van der Waals surface area contributed by atoms with Crippen molar-refractivity contribution in [2.75, 3.05) is 19.9 Å². The molecular weight excluding hydrogens is 292 g/mol. The maximum absolute atomic E-state index is 10.9. The van der Waals surface area contributed by atoms with Gasteiger partial charge in [-0.05, 0) is 22.3 Å². The minimum Gasteiger partial charge on any atom is -0.480 e. The lowest BCUT2D eigenvalue weighted by Gasteiger charge is -2.16. The Labute approximate surface area is 135 Å². The van der Waals surface area contributed by atoms with Crippen molar-refractivity contribution in [3.05, 3.63) is 59.7 Å². The summed E-state index contributed by atoms with van der Waals surface area (Å²) in [5.41, 5.74) is 10.4. The monoisotopic (exact) mass is 312 g/mol. The first-order valence-electron chi connectivity index (χ1n) is 7.64. The second-order valence-corrected chi connectivity index (χ2v) is 5.57. The number of aliphatic carboxylic acids is 1. The molecule has 0 aromatic heterocycles. The van der Waals surface area contributed by atoms with Crippen molar-refractivity contribution in [3.8, 4) is 11.1 Å². The molecule has 0 aliphatic heterocycles. The number of fused-ring (bicyclic) bond motifs is 3. The largest absolute Gasteiger partial charge is 0.480 e. The van der Waals surface area contributed by atoms with Gasteiger partial charge >= 0.3 is 5.97 Å². The molecule has 0 spiro atoms. The van der Waals surface area contributed by atoms with Crippen LogP contribution in [0.25, 0.3) is 11.1 Å². The molecule has 2 aromatic carbocycles. The lowest BCUT2D eigenvalue weighted by atomic mass is 9.98. The summed E-state index contributed by atoms with van der Waals surface area (Å²) < 4.78 is 5.68. The summed E-state index contributed by atoms with van der Waals surface area (Å²) in [6.45, 7) is 0.695. The van der Waals surface area contributed by atoms with Gasteiger partial charge in [-0.3, -0.25) is 10.1 Å². The molecule has 5 heteroatoms. The topological polar surface area (TPSA) is 84.6 Å². The molecule has 2 aromatic rings. The van der Waals surface area contributed by atoms with Crippen LogP contribution in [0.2, 0.25) is 0 Å². The van der Waals surface area contributed by atoms with E-state index in [0.29, 0.717) is 6.61 Å². The van der Waals surface area contributed by atoms with Crippen LogP contribution in [0.4, 0.5) is 0 Å². The zero-order valence-corrected chi connectivity index (χ0v) is 12.7. The molecule has 0 saturated carbocycles. The van der Waals surface area contributed by atoms with E-state index >= 15 is 0 Å². The molecule has 4 N–H and O–H groups in total. The molecule has 0 saturated heterocycles. The summed E-state index contributed by atoms with van der Waals surface area (Å²) >= 11 is 0. The summed E-state index contributed by atoms with van der Waals surface area (Å²) in [4.78, 5) is 10.9. The van der Waals surface area contributed by atoms with E-state index in [1.165, 1.54) is 22.3 Å². The lowest BCUT2D eigenvalue weighted by molar-refractivity contribution is -0.139. The predicted octanol–water partition coefficient (Wildman–Crippen LogP) is 1.77. The molecule has 0 heterocycles. The van der Waals surface area contributed by atoms with Gasteiger partial charge in [-0.1, -0.05) is 48.5 Å². The SMILES string of the molecule is NCC(NCOCC1c2ccccc2-c2ccccc21)C(=O)O. The molecule has 5 nitrogen and oxygen atoms in total. The molecule has 0 fully saturated rings. The number of benzene rings is 2. The van der Waals surface area contributed by atoms with Crippen LogP contribution in [-0.2, 0) is 9.53 Å². The van der Waals surface area contributed by atoms with Gasteiger partial charge in [0.25, 0.3) is 0 Å². The van der Waals surface area contributed by atoms with Gasteiger partial charge < -0.3 is 15.6 Å². The van der Waals surface area contributed by atoms with Crippen LogP contribution in [-0.4, -0.2) is 37.0 Å². The number of rotatable bonds is 7. The van der Waals surface area contributed by atoms with E-state index < -0.39 is 12.0 Å². The van der Waals surface area contributed by atoms with Crippen molar-refractivity contribution < 1.29 is 14.6 Å². The third kappa shape index (κ3) is 3.12. The fourth-order valence-corrected chi connectivity index (χ4v) is 3.05. The van der Waals surface area contributed by atoms with E-state index in [9.17, 15) is 4.79 Å². The first kappa shape index (κ1) is 15.7. The molecule has 0 bridgehead atoms. The third-order valence-corrected chi connectivity index (χ3v) is 4.21. The number of hydrogen-bond acceptors (Lipinski definition) is 4. The number of nitrogens with two attached hydrogens (primary N) is 1. The Kier molecular flexibility index (Phi) is 4.71. The van der Waals surface area contributed by atoms with E-state index in [1.54, 1.807) is 0 Å². The van der Waals surface area contributed by atoms with E-state index in [0.717, 1.165) is 0 Å². The highest BCUT2D eigenvalue weighted by Crippen LogP contribution is 2.44. The summed E-state index contributed by atoms with van der Waals surface area (Å²) in [7, 11) is 0. The van der Waals surface area contributed by atoms with Crippen molar-refractivity contribution in [3.63, 3.8) is 0 Å². The van der Waals surface area contributed by atoms with Crippen LogP contribution in [0.5, 0.6) is 0 Å². The maximum atomic E-state index is 10.9. The first-order valence-corrected chi connectivity index (χ1v) is 7.64. The fourth-order valence-electron chi connectivity index (χ4n) is 3.05. The molecule has 1 unspecified atom stereocenters. The standard InChI is InChI=1S/C18H20N2O3/c19-9-17(18(21)22)20-11-23-10-16-14-7-3-1-5-12(14)13-6-2-4-8-15(13)16/h1-8,16-17,20H,9-11,19H2,(H,21,22). The second kappa shape index (κ2) is 6.91. The van der Waals surface area contributed by atoms with Crippen molar-refractivity contribution >= 4 is 5.97 Å². The predicted molar refractivity (Wildman–Crippen MR) is 88.2 cm³/mol. The number of nitrogens with one attached hydrogen (secondary N) is 1. The van der Waals surface area contributed by atoms with Gasteiger partial charge in [-0.25, -0.2) is 0 Å². The minimum absolute atomic E-state index is 0.0355. The molecule has 1 aliphatic rings. The zero-order valence-electron chi connectivity index (χ0n) is 12.7. The Morgan fingerprint density at radius 1 is 1.13 bits per heavy atom. The Morgan fingerprint density at radius 3 is 2.22 bits per heavy atom. The van der Waals surface area contributed by atoms with Crippen LogP contribution in [0.1, 0.15) is 17.0 Å². The Balaban J connectivity index is 1.68. The van der Waals surface area contributed by atoms with Crippen LogP contribution >= 0.6 is 0 Å². The van der Waals surface area contributed by atoms with Gasteiger partial charge in [0.05, 0.1) is 13.3 Å². The van der Waals surface area contributed by atoms with Crippen LogP contribution in [0.3, 0.4) is 0 Å².